The SMILES string of the molecule is Cc1cccc(C2(c3cccc(C)c3)SC(=S)c3ccccc32)c1. The number of rotatable bonds is 2. The Morgan fingerprint density at radius 1 is 0.750 bits per heavy atom. The zero-order valence-corrected chi connectivity index (χ0v) is 15.4. The number of hydrogen-bond donors (Lipinski definition) is 0. The van der Waals surface area contributed by atoms with Crippen molar-refractivity contribution in [3.63, 3.8) is 0 Å². The van der Waals surface area contributed by atoms with Gasteiger partial charge in [0, 0.05) is 5.56 Å². The third kappa shape index (κ3) is 2.33. The van der Waals surface area contributed by atoms with Crippen molar-refractivity contribution in [3.05, 3.63) is 106 Å². The molecule has 0 saturated heterocycles. The fourth-order valence-electron chi connectivity index (χ4n) is 3.54. The molecule has 0 radical (unpaired) electrons. The van der Waals surface area contributed by atoms with Crippen molar-refractivity contribution < 1.29 is 0 Å². The molecule has 3 aromatic carbocycles. The highest BCUT2D eigenvalue weighted by Gasteiger charge is 2.45. The van der Waals surface area contributed by atoms with Gasteiger partial charge in [-0.05, 0) is 30.5 Å². The van der Waals surface area contributed by atoms with Crippen LogP contribution in [0.25, 0.3) is 0 Å². The van der Waals surface area contributed by atoms with Crippen LogP contribution in [-0.2, 0) is 4.75 Å². The molecule has 0 bridgehead atoms. The average Bonchev–Trinajstić information content (AvgIpc) is 2.89. The van der Waals surface area contributed by atoms with Crippen molar-refractivity contribution in [2.45, 2.75) is 18.6 Å². The van der Waals surface area contributed by atoms with Crippen molar-refractivity contribution in [1.29, 1.82) is 0 Å². The van der Waals surface area contributed by atoms with Crippen LogP contribution in [0.4, 0.5) is 0 Å². The van der Waals surface area contributed by atoms with Crippen molar-refractivity contribution in [1.82, 2.24) is 0 Å². The van der Waals surface area contributed by atoms with Gasteiger partial charge in [-0.25, -0.2) is 0 Å². The predicted octanol–water partition coefficient (Wildman–Crippen LogP) is 6.02. The minimum atomic E-state index is -0.258. The molecule has 0 unspecified atom stereocenters. The van der Waals surface area contributed by atoms with Crippen molar-refractivity contribution >= 4 is 28.2 Å². The third-order valence-corrected chi connectivity index (χ3v) is 6.49. The quantitative estimate of drug-likeness (QED) is 0.521. The fraction of sp³-hybridized carbons (Fsp3) is 0.136. The van der Waals surface area contributed by atoms with E-state index in [9.17, 15) is 0 Å². The molecular formula is C22H18S2. The molecule has 1 heterocycles. The molecule has 0 atom stereocenters. The third-order valence-electron chi connectivity index (χ3n) is 4.62. The average molecular weight is 347 g/mol. The van der Waals surface area contributed by atoms with E-state index in [1.165, 1.54) is 33.4 Å². The molecule has 0 aliphatic carbocycles. The Morgan fingerprint density at radius 3 is 1.92 bits per heavy atom. The molecule has 1 aliphatic rings. The van der Waals surface area contributed by atoms with Gasteiger partial charge in [-0.15, -0.1) is 0 Å². The van der Waals surface area contributed by atoms with E-state index >= 15 is 0 Å². The number of fused-ring (bicyclic) bond motifs is 1. The molecule has 0 spiro atoms. The summed E-state index contributed by atoms with van der Waals surface area (Å²) in [7, 11) is 0. The lowest BCUT2D eigenvalue weighted by molar-refractivity contribution is 0.903. The first-order valence-corrected chi connectivity index (χ1v) is 9.31. The van der Waals surface area contributed by atoms with Gasteiger partial charge in [-0.3, -0.25) is 0 Å². The maximum Gasteiger partial charge on any atom is 0.0969 e. The molecule has 118 valence electrons. The molecule has 24 heavy (non-hydrogen) atoms. The second-order valence-corrected chi connectivity index (χ2v) is 8.25. The maximum absolute atomic E-state index is 5.75. The van der Waals surface area contributed by atoms with Crippen LogP contribution in [0.5, 0.6) is 0 Å². The van der Waals surface area contributed by atoms with Gasteiger partial charge in [0.1, 0.15) is 0 Å². The summed E-state index contributed by atoms with van der Waals surface area (Å²) in [5.74, 6) is 0. The van der Waals surface area contributed by atoms with Gasteiger partial charge < -0.3 is 0 Å². The highest BCUT2D eigenvalue weighted by molar-refractivity contribution is 8.25. The molecule has 0 aromatic heterocycles. The number of aryl methyl sites for hydroxylation is 2. The standard InChI is InChI=1S/C22H18S2/c1-15-7-5-9-17(13-15)22(18-10-6-8-16(2)14-18)20-12-4-3-11-19(20)21(23)24-22/h3-14H,1-2H3. The summed E-state index contributed by atoms with van der Waals surface area (Å²) in [5.41, 5.74) is 7.64. The van der Waals surface area contributed by atoms with Gasteiger partial charge >= 0.3 is 0 Å². The van der Waals surface area contributed by atoms with E-state index in [1.54, 1.807) is 11.8 Å². The second-order valence-electron chi connectivity index (χ2n) is 6.36. The topological polar surface area (TPSA) is 0 Å². The zero-order valence-electron chi connectivity index (χ0n) is 13.7. The van der Waals surface area contributed by atoms with Crippen LogP contribution in [0.2, 0.25) is 0 Å². The predicted molar refractivity (Wildman–Crippen MR) is 108 cm³/mol. The highest BCUT2D eigenvalue weighted by atomic mass is 32.2. The Hall–Kier alpha value is -1.90. The van der Waals surface area contributed by atoms with Crippen LogP contribution >= 0.6 is 24.0 Å². The highest BCUT2D eigenvalue weighted by Crippen LogP contribution is 2.56. The van der Waals surface area contributed by atoms with Gasteiger partial charge in [0.05, 0.1) is 8.94 Å². The van der Waals surface area contributed by atoms with Gasteiger partial charge in [0.25, 0.3) is 0 Å². The lowest BCUT2D eigenvalue weighted by Gasteiger charge is -2.31. The summed E-state index contributed by atoms with van der Waals surface area (Å²) in [6.07, 6.45) is 0. The summed E-state index contributed by atoms with van der Waals surface area (Å²) in [5, 5.41) is 0. The van der Waals surface area contributed by atoms with Gasteiger partial charge in [0.15, 0.2) is 0 Å². The number of benzene rings is 3. The second kappa shape index (κ2) is 5.87. The minimum absolute atomic E-state index is 0.258. The molecule has 0 amide bonds. The minimum Gasteiger partial charge on any atom is -0.0924 e. The fourth-order valence-corrected chi connectivity index (χ4v) is 5.44. The van der Waals surface area contributed by atoms with Crippen LogP contribution in [0.3, 0.4) is 0 Å². The maximum atomic E-state index is 5.75. The van der Waals surface area contributed by atoms with Crippen LogP contribution in [0.1, 0.15) is 33.4 Å². The monoisotopic (exact) mass is 346 g/mol. The summed E-state index contributed by atoms with van der Waals surface area (Å²) >= 11 is 7.55. The van der Waals surface area contributed by atoms with E-state index in [-0.39, 0.29) is 4.75 Å². The Balaban J connectivity index is 2.08. The summed E-state index contributed by atoms with van der Waals surface area (Å²) < 4.78 is 0.722. The van der Waals surface area contributed by atoms with Crippen LogP contribution in [0, 0.1) is 13.8 Å². The largest absolute Gasteiger partial charge is 0.0969 e. The Morgan fingerprint density at radius 2 is 1.33 bits per heavy atom. The van der Waals surface area contributed by atoms with Gasteiger partial charge in [0.2, 0.25) is 0 Å². The summed E-state index contributed by atoms with van der Waals surface area (Å²) in [6.45, 7) is 4.30. The number of thioether (sulfide) groups is 1. The lowest BCUT2D eigenvalue weighted by Crippen LogP contribution is -2.23. The lowest BCUT2D eigenvalue weighted by atomic mass is 9.81. The molecule has 1 aliphatic heterocycles. The van der Waals surface area contributed by atoms with Crippen LogP contribution < -0.4 is 0 Å². The smallest absolute Gasteiger partial charge is 0.0924 e. The molecule has 3 aromatic rings. The Labute approximate surface area is 152 Å². The Kier molecular flexibility index (Phi) is 3.82. The van der Waals surface area contributed by atoms with E-state index in [0.29, 0.717) is 0 Å². The first-order valence-electron chi connectivity index (χ1n) is 8.08. The van der Waals surface area contributed by atoms with Crippen molar-refractivity contribution in [3.8, 4) is 0 Å². The molecule has 0 N–H and O–H groups in total. The van der Waals surface area contributed by atoms with Crippen molar-refractivity contribution in [2.24, 2.45) is 0 Å². The van der Waals surface area contributed by atoms with Crippen LogP contribution in [0.15, 0.2) is 72.8 Å². The molecule has 0 fully saturated rings. The first-order chi connectivity index (χ1) is 11.6. The number of thiocarbonyl (C=S) groups is 1. The van der Waals surface area contributed by atoms with E-state index in [4.69, 9.17) is 12.2 Å². The van der Waals surface area contributed by atoms with Gasteiger partial charge in [-0.1, -0.05) is 108 Å². The Bertz CT molecular complexity index is 894. The molecule has 2 heteroatoms. The molecule has 0 saturated carbocycles. The number of hydrogen-bond acceptors (Lipinski definition) is 2. The van der Waals surface area contributed by atoms with E-state index in [0.717, 1.165) is 4.20 Å². The van der Waals surface area contributed by atoms with Crippen LogP contribution in [-0.4, -0.2) is 4.20 Å². The normalized spacial score (nSPS) is 15.3. The van der Waals surface area contributed by atoms with E-state index < -0.39 is 0 Å². The molecule has 0 nitrogen and oxygen atoms in total. The van der Waals surface area contributed by atoms with E-state index in [2.05, 4.69) is 86.6 Å². The van der Waals surface area contributed by atoms with Gasteiger partial charge in [-0.2, -0.15) is 0 Å². The summed E-state index contributed by atoms with van der Waals surface area (Å²) in [4.78, 5) is 0. The van der Waals surface area contributed by atoms with Crippen molar-refractivity contribution in [2.75, 3.05) is 0 Å². The first kappa shape index (κ1) is 15.6. The molecule has 4 rings (SSSR count). The zero-order chi connectivity index (χ0) is 16.7. The summed E-state index contributed by atoms with van der Waals surface area (Å²) in [6, 6.07) is 26.2. The van der Waals surface area contributed by atoms with E-state index in [1.807, 2.05) is 0 Å². The molecular weight excluding hydrogens is 328 g/mol.